The normalized spacial score (nSPS) is 13.2. The first-order chi connectivity index (χ1) is 9.86. The zero-order chi connectivity index (χ0) is 15.6. The number of halogens is 1. The second-order valence-electron chi connectivity index (χ2n) is 5.87. The smallest absolute Gasteiger partial charge is 0.311 e. The number of hydrogen-bond acceptors (Lipinski definition) is 3. The number of nitrogens with two attached hydrogens (primary N) is 1. The number of benzene rings is 2. The molecule has 0 bridgehead atoms. The van der Waals surface area contributed by atoms with E-state index in [0.29, 0.717) is 11.4 Å². The number of carbonyl (C=O) groups excluding carboxylic acids is 1. The predicted octanol–water partition coefficient (Wildman–Crippen LogP) is 4.08. The monoisotopic (exact) mass is 305 g/mol. The molecule has 1 unspecified atom stereocenters. The third-order valence-electron chi connectivity index (χ3n) is 3.77. The van der Waals surface area contributed by atoms with Gasteiger partial charge in [-0.3, -0.25) is 4.79 Å². The number of fused-ring (bicyclic) bond motifs is 1. The maximum absolute atomic E-state index is 11.8. The Balaban J connectivity index is 2.39. The molecule has 1 atom stereocenters. The van der Waals surface area contributed by atoms with Crippen molar-refractivity contribution >= 4 is 28.3 Å². The summed E-state index contributed by atoms with van der Waals surface area (Å²) in [4.78, 5) is 11.8. The van der Waals surface area contributed by atoms with Gasteiger partial charge in [-0.15, -0.1) is 0 Å². The van der Waals surface area contributed by atoms with Crippen LogP contribution in [0.15, 0.2) is 36.4 Å². The maximum atomic E-state index is 11.8. The number of esters is 1. The van der Waals surface area contributed by atoms with Crippen LogP contribution in [0.3, 0.4) is 0 Å². The zero-order valence-electron chi connectivity index (χ0n) is 12.5. The summed E-state index contributed by atoms with van der Waals surface area (Å²) in [6.07, 6.45) is 0.505. The number of ether oxygens (including phenoxy) is 1. The summed E-state index contributed by atoms with van der Waals surface area (Å²) in [5.41, 5.74) is 6.70. The summed E-state index contributed by atoms with van der Waals surface area (Å²) in [7, 11) is 1.40. The molecule has 0 aliphatic carbocycles. The molecule has 0 heterocycles. The molecule has 21 heavy (non-hydrogen) atoms. The second-order valence-corrected chi connectivity index (χ2v) is 6.28. The van der Waals surface area contributed by atoms with E-state index in [1.807, 2.05) is 50.2 Å². The summed E-state index contributed by atoms with van der Waals surface area (Å²) < 4.78 is 4.84. The predicted molar refractivity (Wildman–Crippen MR) is 86.3 cm³/mol. The van der Waals surface area contributed by atoms with Gasteiger partial charge in [0.2, 0.25) is 0 Å². The van der Waals surface area contributed by atoms with Crippen LogP contribution >= 0.6 is 11.6 Å². The highest BCUT2D eigenvalue weighted by Crippen LogP contribution is 2.35. The summed E-state index contributed by atoms with van der Waals surface area (Å²) >= 11 is 6.22. The Morgan fingerprint density at radius 3 is 2.48 bits per heavy atom. The minimum atomic E-state index is -0.630. The maximum Gasteiger partial charge on any atom is 0.311 e. The molecule has 112 valence electrons. The highest BCUT2D eigenvalue weighted by Gasteiger charge is 2.31. The van der Waals surface area contributed by atoms with E-state index >= 15 is 0 Å². The van der Waals surface area contributed by atoms with E-state index in [9.17, 15) is 4.79 Å². The van der Waals surface area contributed by atoms with Gasteiger partial charge < -0.3 is 10.5 Å². The van der Waals surface area contributed by atoms with Gasteiger partial charge in [-0.25, -0.2) is 0 Å². The fourth-order valence-corrected chi connectivity index (χ4v) is 2.86. The largest absolute Gasteiger partial charge is 0.469 e. The van der Waals surface area contributed by atoms with Crippen molar-refractivity contribution in [2.45, 2.75) is 26.3 Å². The molecule has 2 aromatic rings. The van der Waals surface area contributed by atoms with Gasteiger partial charge in [0.15, 0.2) is 0 Å². The van der Waals surface area contributed by atoms with Crippen molar-refractivity contribution in [1.82, 2.24) is 0 Å². The Kier molecular flexibility index (Phi) is 4.55. The van der Waals surface area contributed by atoms with E-state index in [1.54, 1.807) is 0 Å². The lowest BCUT2D eigenvalue weighted by molar-refractivity contribution is -0.151. The van der Waals surface area contributed by atoms with Crippen LogP contribution in [0.4, 0.5) is 0 Å². The Bertz CT molecular complexity index is 667. The lowest BCUT2D eigenvalue weighted by Crippen LogP contribution is -2.30. The Hall–Kier alpha value is -1.58. The van der Waals surface area contributed by atoms with Crippen LogP contribution in [0.5, 0.6) is 0 Å². The standard InChI is InChI=1S/C17H20ClNO2/c1-17(2,16(20)21-3)10-15(19)13-8-9-14(18)12-7-5-4-6-11(12)13/h4-9,15H,10,19H2,1-3H3. The highest BCUT2D eigenvalue weighted by atomic mass is 35.5. The quantitative estimate of drug-likeness (QED) is 0.866. The van der Waals surface area contributed by atoms with Crippen molar-refractivity contribution < 1.29 is 9.53 Å². The fourth-order valence-electron chi connectivity index (χ4n) is 2.63. The van der Waals surface area contributed by atoms with Crippen LogP contribution in [0.2, 0.25) is 5.02 Å². The van der Waals surface area contributed by atoms with Crippen molar-refractivity contribution in [2.24, 2.45) is 11.1 Å². The average molecular weight is 306 g/mol. The number of hydrogen-bond donors (Lipinski definition) is 1. The molecule has 4 heteroatoms. The minimum Gasteiger partial charge on any atom is -0.469 e. The van der Waals surface area contributed by atoms with Gasteiger partial charge in [-0.05, 0) is 37.3 Å². The number of rotatable bonds is 4. The summed E-state index contributed by atoms with van der Waals surface area (Å²) in [6.45, 7) is 3.69. The highest BCUT2D eigenvalue weighted by molar-refractivity contribution is 6.35. The third kappa shape index (κ3) is 3.20. The second kappa shape index (κ2) is 6.04. The van der Waals surface area contributed by atoms with E-state index in [4.69, 9.17) is 22.1 Å². The SMILES string of the molecule is COC(=O)C(C)(C)CC(N)c1ccc(Cl)c2ccccc12. The number of methoxy groups -OCH3 is 1. The molecule has 2 N–H and O–H groups in total. The Labute approximate surface area is 130 Å². The average Bonchev–Trinajstić information content (AvgIpc) is 2.46. The van der Waals surface area contributed by atoms with E-state index in [-0.39, 0.29) is 12.0 Å². The molecular formula is C17H20ClNO2. The molecule has 3 nitrogen and oxygen atoms in total. The molecular weight excluding hydrogens is 286 g/mol. The van der Waals surface area contributed by atoms with Crippen LogP contribution in [0, 0.1) is 5.41 Å². The Morgan fingerprint density at radius 1 is 1.24 bits per heavy atom. The topological polar surface area (TPSA) is 52.3 Å². The molecule has 0 aliphatic heterocycles. The van der Waals surface area contributed by atoms with Crippen molar-refractivity contribution in [1.29, 1.82) is 0 Å². The van der Waals surface area contributed by atoms with E-state index in [0.717, 1.165) is 16.3 Å². The van der Waals surface area contributed by atoms with Gasteiger partial charge in [-0.1, -0.05) is 41.9 Å². The molecule has 0 aliphatic rings. The van der Waals surface area contributed by atoms with Crippen molar-refractivity contribution in [3.8, 4) is 0 Å². The molecule has 0 aromatic heterocycles. The minimum absolute atomic E-state index is 0.254. The molecule has 0 spiro atoms. The van der Waals surface area contributed by atoms with Crippen LogP contribution in [0.25, 0.3) is 10.8 Å². The van der Waals surface area contributed by atoms with Gasteiger partial charge in [0, 0.05) is 16.5 Å². The van der Waals surface area contributed by atoms with Crippen LogP contribution in [-0.2, 0) is 9.53 Å². The molecule has 0 radical (unpaired) electrons. The molecule has 0 saturated heterocycles. The van der Waals surface area contributed by atoms with E-state index < -0.39 is 5.41 Å². The van der Waals surface area contributed by atoms with Crippen molar-refractivity contribution in [3.63, 3.8) is 0 Å². The summed E-state index contributed by atoms with van der Waals surface area (Å²) in [6, 6.07) is 11.4. The first-order valence-electron chi connectivity index (χ1n) is 6.88. The Morgan fingerprint density at radius 2 is 1.86 bits per heavy atom. The van der Waals surface area contributed by atoms with Crippen molar-refractivity contribution in [3.05, 3.63) is 47.0 Å². The lowest BCUT2D eigenvalue weighted by atomic mass is 9.83. The van der Waals surface area contributed by atoms with Gasteiger partial charge in [0.1, 0.15) is 0 Å². The van der Waals surface area contributed by atoms with Gasteiger partial charge in [-0.2, -0.15) is 0 Å². The molecule has 0 saturated carbocycles. The zero-order valence-corrected chi connectivity index (χ0v) is 13.3. The molecule has 0 fully saturated rings. The van der Waals surface area contributed by atoms with E-state index in [1.165, 1.54) is 7.11 Å². The first-order valence-corrected chi connectivity index (χ1v) is 7.26. The molecule has 2 rings (SSSR count). The van der Waals surface area contributed by atoms with Gasteiger partial charge in [0.25, 0.3) is 0 Å². The molecule has 0 amide bonds. The fraction of sp³-hybridized carbons (Fsp3) is 0.353. The number of carbonyl (C=O) groups is 1. The van der Waals surface area contributed by atoms with Crippen molar-refractivity contribution in [2.75, 3.05) is 7.11 Å². The van der Waals surface area contributed by atoms with E-state index in [2.05, 4.69) is 0 Å². The lowest BCUT2D eigenvalue weighted by Gasteiger charge is -2.26. The first kappa shape index (κ1) is 15.8. The molecule has 2 aromatic carbocycles. The summed E-state index contributed by atoms with van der Waals surface area (Å²) in [5, 5.41) is 2.70. The third-order valence-corrected chi connectivity index (χ3v) is 4.10. The van der Waals surface area contributed by atoms with Crippen LogP contribution in [0.1, 0.15) is 31.9 Å². The van der Waals surface area contributed by atoms with Crippen LogP contribution < -0.4 is 5.73 Å². The summed E-state index contributed by atoms with van der Waals surface area (Å²) in [5.74, 6) is -0.254. The van der Waals surface area contributed by atoms with Gasteiger partial charge >= 0.3 is 5.97 Å². The van der Waals surface area contributed by atoms with Crippen LogP contribution in [-0.4, -0.2) is 13.1 Å². The van der Waals surface area contributed by atoms with Gasteiger partial charge in [0.05, 0.1) is 12.5 Å².